The van der Waals surface area contributed by atoms with E-state index in [1.165, 1.54) is 6.21 Å². The monoisotopic (exact) mass is 666 g/mol. The summed E-state index contributed by atoms with van der Waals surface area (Å²) in [6, 6.07) is 28.2. The number of aryl methyl sites for hydroxylation is 2. The quantitative estimate of drug-likeness (QED) is 0.108. The van der Waals surface area contributed by atoms with Gasteiger partial charge in [-0.3, -0.25) is 4.79 Å². The third kappa shape index (κ3) is 7.63. The lowest BCUT2D eigenvalue weighted by molar-refractivity contribution is 0.0923. The van der Waals surface area contributed by atoms with Crippen LogP contribution >= 0.6 is 15.9 Å². The molecule has 0 saturated carbocycles. The molecule has 10 heteroatoms. The summed E-state index contributed by atoms with van der Waals surface area (Å²) in [6.07, 6.45) is 1.49. The van der Waals surface area contributed by atoms with E-state index in [-0.39, 0.29) is 19.0 Å². The number of benzene rings is 3. The topological polar surface area (TPSA) is 111 Å². The zero-order chi connectivity index (χ0) is 31.8. The zero-order valence-corrected chi connectivity index (χ0v) is 26.6. The predicted octanol–water partition coefficient (Wildman–Crippen LogP) is 7.64. The van der Waals surface area contributed by atoms with Crippen LogP contribution in [0.25, 0.3) is 5.69 Å². The van der Waals surface area contributed by atoms with E-state index in [2.05, 4.69) is 63.1 Å². The van der Waals surface area contributed by atoms with Crippen LogP contribution in [0.4, 0.5) is 0 Å². The number of nitrogens with one attached hydrogen (secondary N) is 1. The number of nitrogens with zero attached hydrogens (tertiary/aromatic N) is 3. The van der Waals surface area contributed by atoms with E-state index < -0.39 is 5.91 Å². The molecule has 0 aliphatic heterocycles. The molecule has 45 heavy (non-hydrogen) atoms. The first-order valence-electron chi connectivity index (χ1n) is 14.2. The molecule has 1 N–H and O–H groups in total. The van der Waals surface area contributed by atoms with Crippen LogP contribution in [0.3, 0.4) is 0 Å². The Kier molecular flexibility index (Phi) is 10.0. The molecule has 0 aliphatic rings. The van der Waals surface area contributed by atoms with Crippen molar-refractivity contribution in [2.24, 2.45) is 5.10 Å². The van der Waals surface area contributed by atoms with Gasteiger partial charge in [-0.2, -0.15) is 10.4 Å². The molecule has 0 radical (unpaired) electrons. The van der Waals surface area contributed by atoms with Gasteiger partial charge >= 0.3 is 5.91 Å². The molecule has 3 aromatic carbocycles. The van der Waals surface area contributed by atoms with Gasteiger partial charge < -0.3 is 23.2 Å². The van der Waals surface area contributed by atoms with Crippen LogP contribution in [0.5, 0.6) is 17.2 Å². The lowest BCUT2D eigenvalue weighted by atomic mass is 10.1. The van der Waals surface area contributed by atoms with Gasteiger partial charge in [-0.25, -0.2) is 5.43 Å². The normalized spacial score (nSPS) is 10.9. The summed E-state index contributed by atoms with van der Waals surface area (Å²) in [4.78, 5) is 12.7. The number of nitriles is 1. The van der Waals surface area contributed by atoms with Crippen molar-refractivity contribution in [1.82, 2.24) is 9.99 Å². The average molecular weight is 668 g/mol. The lowest BCUT2D eigenvalue weighted by Crippen LogP contribution is -2.16. The smallest absolute Gasteiger partial charge is 0.307 e. The maximum absolute atomic E-state index is 12.7. The SMILES string of the molecule is CCOc1cc(/C=N/NC(=O)c2ccc(COc3ccc(-n4c(C)ccc4C)cc3)o2)cc(Br)c1OCc1ccccc1C#N. The van der Waals surface area contributed by atoms with Gasteiger partial charge in [0.1, 0.15) is 24.7 Å². The van der Waals surface area contributed by atoms with E-state index in [1.807, 2.05) is 49.4 Å². The highest BCUT2D eigenvalue weighted by Crippen LogP contribution is 2.37. The summed E-state index contributed by atoms with van der Waals surface area (Å²) in [6.45, 7) is 6.79. The summed E-state index contributed by atoms with van der Waals surface area (Å²) < 4.78 is 26.1. The van der Waals surface area contributed by atoms with E-state index >= 15 is 0 Å². The first-order chi connectivity index (χ1) is 21.9. The standard InChI is InChI=1S/C35H31BrN4O5/c1-4-42-33-18-25(17-31(36)34(33)44-21-27-8-6-5-7-26(27)19-37)20-38-39-35(41)32-16-15-30(45-32)22-43-29-13-11-28(12-14-29)40-23(2)9-10-24(40)3/h5-18,20H,4,21-22H2,1-3H3,(H,39,41)/b38-20+. The van der Waals surface area contributed by atoms with Gasteiger partial charge in [0.25, 0.3) is 0 Å². The van der Waals surface area contributed by atoms with Gasteiger partial charge in [0.2, 0.25) is 0 Å². The number of ether oxygens (including phenoxy) is 3. The lowest BCUT2D eigenvalue weighted by Gasteiger charge is -2.15. The predicted molar refractivity (Wildman–Crippen MR) is 174 cm³/mol. The Morgan fingerprint density at radius 3 is 2.47 bits per heavy atom. The minimum atomic E-state index is -0.500. The molecular weight excluding hydrogens is 636 g/mol. The number of hydrogen-bond donors (Lipinski definition) is 1. The maximum Gasteiger partial charge on any atom is 0.307 e. The van der Waals surface area contributed by atoms with E-state index in [9.17, 15) is 10.1 Å². The van der Waals surface area contributed by atoms with E-state index in [0.29, 0.717) is 45.2 Å². The molecule has 0 atom stereocenters. The van der Waals surface area contributed by atoms with E-state index in [0.717, 1.165) is 22.6 Å². The summed E-state index contributed by atoms with van der Waals surface area (Å²) in [5.74, 6) is 1.79. The molecule has 0 spiro atoms. The van der Waals surface area contributed by atoms with Crippen molar-refractivity contribution >= 4 is 28.1 Å². The van der Waals surface area contributed by atoms with Gasteiger partial charge in [0.05, 0.1) is 28.9 Å². The second-order valence-electron chi connectivity index (χ2n) is 10.0. The Morgan fingerprint density at radius 1 is 0.978 bits per heavy atom. The molecule has 1 amide bonds. The second-order valence-corrected chi connectivity index (χ2v) is 10.9. The summed E-state index contributed by atoms with van der Waals surface area (Å²) in [5.41, 5.74) is 7.84. The first kappa shape index (κ1) is 31.2. The van der Waals surface area contributed by atoms with E-state index in [4.69, 9.17) is 18.6 Å². The van der Waals surface area contributed by atoms with Crippen LogP contribution in [0.2, 0.25) is 0 Å². The number of furan rings is 1. The fraction of sp³-hybridized carbons (Fsp3) is 0.171. The highest BCUT2D eigenvalue weighted by atomic mass is 79.9. The first-order valence-corrected chi connectivity index (χ1v) is 15.0. The van der Waals surface area contributed by atoms with Crippen LogP contribution in [-0.2, 0) is 13.2 Å². The maximum atomic E-state index is 12.7. The van der Waals surface area contributed by atoms with Crippen LogP contribution in [-0.4, -0.2) is 23.3 Å². The minimum absolute atomic E-state index is 0.109. The Labute approximate surface area is 269 Å². The van der Waals surface area contributed by atoms with Crippen molar-refractivity contribution < 1.29 is 23.4 Å². The summed E-state index contributed by atoms with van der Waals surface area (Å²) in [7, 11) is 0. The van der Waals surface area contributed by atoms with E-state index in [1.54, 1.807) is 30.3 Å². The molecule has 0 fully saturated rings. The summed E-state index contributed by atoms with van der Waals surface area (Å²) in [5, 5.41) is 13.4. The molecular formula is C35H31BrN4O5. The second kappa shape index (κ2) is 14.5. The third-order valence-corrected chi connectivity index (χ3v) is 7.44. The highest BCUT2D eigenvalue weighted by molar-refractivity contribution is 9.10. The fourth-order valence-corrected chi connectivity index (χ4v) is 5.26. The number of halogens is 1. The minimum Gasteiger partial charge on any atom is -0.490 e. The van der Waals surface area contributed by atoms with Crippen LogP contribution in [0, 0.1) is 25.2 Å². The fourth-order valence-electron chi connectivity index (χ4n) is 4.69. The molecule has 0 bridgehead atoms. The van der Waals surface area contributed by atoms with Crippen molar-refractivity contribution in [2.75, 3.05) is 6.61 Å². The number of carbonyl (C=O) groups excluding carboxylic acids is 1. The molecule has 2 aromatic heterocycles. The Morgan fingerprint density at radius 2 is 1.73 bits per heavy atom. The van der Waals surface area contributed by atoms with Gasteiger partial charge in [0.15, 0.2) is 17.3 Å². The largest absolute Gasteiger partial charge is 0.490 e. The number of carbonyl (C=O) groups is 1. The highest BCUT2D eigenvalue weighted by Gasteiger charge is 2.14. The Hall–Kier alpha value is -5.27. The van der Waals surface area contributed by atoms with Crippen molar-refractivity contribution in [2.45, 2.75) is 34.0 Å². The van der Waals surface area contributed by atoms with Crippen molar-refractivity contribution in [3.63, 3.8) is 0 Å². The molecule has 5 rings (SSSR count). The van der Waals surface area contributed by atoms with Crippen LogP contribution in [0.15, 0.2) is 98.9 Å². The summed E-state index contributed by atoms with van der Waals surface area (Å²) >= 11 is 3.54. The van der Waals surface area contributed by atoms with Crippen LogP contribution < -0.4 is 19.6 Å². The molecule has 0 saturated heterocycles. The third-order valence-electron chi connectivity index (χ3n) is 6.85. The van der Waals surface area contributed by atoms with Gasteiger partial charge in [0, 0.05) is 22.6 Å². The number of hydrazone groups is 1. The number of aromatic nitrogens is 1. The van der Waals surface area contributed by atoms with Gasteiger partial charge in [-0.15, -0.1) is 0 Å². The molecule has 0 unspecified atom stereocenters. The number of rotatable bonds is 12. The van der Waals surface area contributed by atoms with Crippen LogP contribution in [0.1, 0.15) is 51.3 Å². The van der Waals surface area contributed by atoms with Gasteiger partial charge in [-0.1, -0.05) is 18.2 Å². The molecule has 228 valence electrons. The molecule has 2 heterocycles. The Balaban J connectivity index is 1.17. The number of amides is 1. The Bertz CT molecular complexity index is 1850. The molecule has 9 nitrogen and oxygen atoms in total. The number of hydrogen-bond acceptors (Lipinski definition) is 7. The molecule has 5 aromatic rings. The molecule has 0 aliphatic carbocycles. The zero-order valence-electron chi connectivity index (χ0n) is 25.0. The van der Waals surface area contributed by atoms with Crippen molar-refractivity contribution in [3.05, 3.63) is 129 Å². The van der Waals surface area contributed by atoms with Crippen molar-refractivity contribution in [1.29, 1.82) is 5.26 Å². The van der Waals surface area contributed by atoms with Gasteiger partial charge in [-0.05, 0) is 109 Å². The average Bonchev–Trinajstić information content (AvgIpc) is 3.66. The van der Waals surface area contributed by atoms with Crippen molar-refractivity contribution in [3.8, 4) is 29.0 Å².